The minimum Gasteiger partial charge on any atom is -0.463 e. The van der Waals surface area contributed by atoms with E-state index in [9.17, 15) is 24.0 Å². The second kappa shape index (κ2) is 13.5. The lowest BCUT2D eigenvalue weighted by molar-refractivity contribution is -0.288. The highest BCUT2D eigenvalue weighted by atomic mass is 16.7. The first-order valence-electron chi connectivity index (χ1n) is 12.2. The minimum atomic E-state index is -1.34. The Labute approximate surface area is 225 Å². The fraction of sp³-hybridized carbons (Fsp3) is 0.393. The Hall–Kier alpha value is -4.25. The van der Waals surface area contributed by atoms with Crippen molar-refractivity contribution < 1.29 is 52.4 Å². The number of esters is 4. The topological polar surface area (TPSA) is 141 Å². The fourth-order valence-corrected chi connectivity index (χ4v) is 4.02. The average Bonchev–Trinajstić information content (AvgIpc) is 2.87. The molecule has 0 spiro atoms. The first-order chi connectivity index (χ1) is 18.5. The molecule has 2 aromatic carbocycles. The van der Waals surface area contributed by atoms with Crippen molar-refractivity contribution in [3.63, 3.8) is 0 Å². The average molecular weight is 543 g/mol. The maximum atomic E-state index is 12.5. The minimum absolute atomic E-state index is 0.0520. The van der Waals surface area contributed by atoms with Gasteiger partial charge in [0.2, 0.25) is 12.4 Å². The Kier molecular flexibility index (Phi) is 10.2. The summed E-state index contributed by atoms with van der Waals surface area (Å²) in [5.41, 5.74) is 1.33. The predicted octanol–water partition coefficient (Wildman–Crippen LogP) is 2.57. The summed E-state index contributed by atoms with van der Waals surface area (Å²) in [5, 5.41) is 0. The number of ketones is 1. The largest absolute Gasteiger partial charge is 0.463 e. The van der Waals surface area contributed by atoms with E-state index in [1.165, 1.54) is 6.92 Å². The van der Waals surface area contributed by atoms with Crippen LogP contribution in [-0.4, -0.2) is 67.0 Å². The summed E-state index contributed by atoms with van der Waals surface area (Å²) in [5.74, 6) is -2.59. The van der Waals surface area contributed by atoms with Gasteiger partial charge in [0.05, 0.1) is 0 Å². The van der Waals surface area contributed by atoms with Gasteiger partial charge in [-0.2, -0.15) is 0 Å². The lowest BCUT2D eigenvalue weighted by Gasteiger charge is -2.43. The third-order valence-electron chi connectivity index (χ3n) is 5.58. The second-order valence-corrected chi connectivity index (χ2v) is 8.80. The van der Waals surface area contributed by atoms with Gasteiger partial charge in [0.1, 0.15) is 18.5 Å². The Morgan fingerprint density at radius 2 is 1.26 bits per heavy atom. The molecule has 1 aliphatic rings. The van der Waals surface area contributed by atoms with Crippen LogP contribution in [0.15, 0.2) is 54.6 Å². The molecule has 5 unspecified atom stereocenters. The van der Waals surface area contributed by atoms with E-state index in [1.807, 2.05) is 6.07 Å². The SMILES string of the molecule is CC(=O)OCC1OC(Oc2ccc(CC(=O)c3ccccc3)cc2)C(OC(C)=O)C(OC(C)=O)C1OC(C)=O. The summed E-state index contributed by atoms with van der Waals surface area (Å²) < 4.78 is 33.1. The van der Waals surface area contributed by atoms with Crippen LogP contribution in [0.5, 0.6) is 5.75 Å². The van der Waals surface area contributed by atoms with E-state index in [2.05, 4.69) is 0 Å². The number of carbonyl (C=O) groups excluding carboxylic acids is 5. The van der Waals surface area contributed by atoms with Crippen LogP contribution in [0, 0.1) is 0 Å². The van der Waals surface area contributed by atoms with Crippen molar-refractivity contribution in [1.82, 2.24) is 0 Å². The molecule has 0 amide bonds. The van der Waals surface area contributed by atoms with Gasteiger partial charge in [-0.05, 0) is 17.7 Å². The van der Waals surface area contributed by atoms with Crippen LogP contribution in [0.4, 0.5) is 0 Å². The first-order valence-corrected chi connectivity index (χ1v) is 12.2. The van der Waals surface area contributed by atoms with Gasteiger partial charge in [0.15, 0.2) is 18.0 Å². The van der Waals surface area contributed by atoms with Crippen molar-refractivity contribution in [3.05, 3.63) is 65.7 Å². The van der Waals surface area contributed by atoms with Crippen LogP contribution in [-0.2, 0) is 49.3 Å². The Morgan fingerprint density at radius 3 is 1.82 bits per heavy atom. The number of Topliss-reactive ketones (excluding diaryl/α,β-unsaturated/α-hetero) is 1. The molecule has 1 aliphatic heterocycles. The monoisotopic (exact) mass is 542 g/mol. The van der Waals surface area contributed by atoms with Crippen LogP contribution < -0.4 is 4.74 Å². The molecule has 0 aliphatic carbocycles. The summed E-state index contributed by atoms with van der Waals surface area (Å²) in [7, 11) is 0. The molecule has 39 heavy (non-hydrogen) atoms. The zero-order chi connectivity index (χ0) is 28.5. The van der Waals surface area contributed by atoms with E-state index < -0.39 is 54.6 Å². The Morgan fingerprint density at radius 1 is 0.692 bits per heavy atom. The molecule has 0 saturated carbocycles. The number of hydrogen-bond acceptors (Lipinski definition) is 11. The maximum absolute atomic E-state index is 12.5. The number of benzene rings is 2. The fourth-order valence-electron chi connectivity index (χ4n) is 4.02. The summed E-state index contributed by atoms with van der Waals surface area (Å²) >= 11 is 0. The summed E-state index contributed by atoms with van der Waals surface area (Å²) in [6.45, 7) is 4.25. The van der Waals surface area contributed by atoms with Gasteiger partial charge in [-0.1, -0.05) is 42.5 Å². The standard InChI is InChI=1S/C28H30O11/c1-16(29)34-15-24-25(35-17(2)30)26(36-18(3)31)27(37-19(4)32)28(39-24)38-22-12-10-20(11-13-22)14-23(33)21-8-6-5-7-9-21/h5-13,24-28H,14-15H2,1-4H3. The van der Waals surface area contributed by atoms with E-state index >= 15 is 0 Å². The second-order valence-electron chi connectivity index (χ2n) is 8.80. The molecule has 0 aromatic heterocycles. The lowest BCUT2D eigenvalue weighted by Crippen LogP contribution is -2.63. The number of carbonyl (C=O) groups is 5. The molecular formula is C28H30O11. The quantitative estimate of drug-likeness (QED) is 0.248. The molecule has 1 heterocycles. The maximum Gasteiger partial charge on any atom is 0.303 e. The molecule has 11 nitrogen and oxygen atoms in total. The van der Waals surface area contributed by atoms with Gasteiger partial charge in [-0.3, -0.25) is 24.0 Å². The van der Waals surface area contributed by atoms with Gasteiger partial charge in [0.25, 0.3) is 0 Å². The highest BCUT2D eigenvalue weighted by Gasteiger charge is 2.53. The number of ether oxygens (including phenoxy) is 6. The molecular weight excluding hydrogens is 512 g/mol. The van der Waals surface area contributed by atoms with Crippen LogP contribution in [0.3, 0.4) is 0 Å². The smallest absolute Gasteiger partial charge is 0.303 e. The van der Waals surface area contributed by atoms with E-state index in [1.54, 1.807) is 48.5 Å². The van der Waals surface area contributed by atoms with Crippen LogP contribution in [0.25, 0.3) is 0 Å². The molecule has 0 bridgehead atoms. The van der Waals surface area contributed by atoms with E-state index in [-0.39, 0.29) is 24.6 Å². The Balaban J connectivity index is 1.85. The van der Waals surface area contributed by atoms with E-state index in [4.69, 9.17) is 28.4 Å². The number of rotatable bonds is 10. The molecule has 5 atom stereocenters. The molecule has 1 saturated heterocycles. The molecule has 11 heteroatoms. The van der Waals surface area contributed by atoms with Crippen LogP contribution >= 0.6 is 0 Å². The predicted molar refractivity (Wildman–Crippen MR) is 134 cm³/mol. The highest BCUT2D eigenvalue weighted by molar-refractivity contribution is 5.97. The molecule has 3 rings (SSSR count). The van der Waals surface area contributed by atoms with E-state index in [0.29, 0.717) is 5.56 Å². The Bertz CT molecular complexity index is 1180. The first kappa shape index (κ1) is 29.3. The highest BCUT2D eigenvalue weighted by Crippen LogP contribution is 2.31. The van der Waals surface area contributed by atoms with Crippen molar-refractivity contribution >= 4 is 29.7 Å². The molecule has 0 radical (unpaired) electrons. The van der Waals surface area contributed by atoms with Gasteiger partial charge < -0.3 is 28.4 Å². The third kappa shape index (κ3) is 8.64. The zero-order valence-electron chi connectivity index (χ0n) is 22.0. The van der Waals surface area contributed by atoms with Crippen molar-refractivity contribution in [2.75, 3.05) is 6.61 Å². The van der Waals surface area contributed by atoms with Crippen molar-refractivity contribution in [1.29, 1.82) is 0 Å². The van der Waals surface area contributed by atoms with Gasteiger partial charge in [-0.25, -0.2) is 0 Å². The molecule has 0 N–H and O–H groups in total. The number of hydrogen-bond donors (Lipinski definition) is 0. The third-order valence-corrected chi connectivity index (χ3v) is 5.58. The van der Waals surface area contributed by atoms with Crippen molar-refractivity contribution in [2.45, 2.75) is 64.8 Å². The summed E-state index contributed by atoms with van der Waals surface area (Å²) in [6.07, 6.45) is -6.25. The van der Waals surface area contributed by atoms with Crippen LogP contribution in [0.2, 0.25) is 0 Å². The zero-order valence-corrected chi connectivity index (χ0v) is 22.0. The van der Waals surface area contributed by atoms with Gasteiger partial charge in [0, 0.05) is 39.7 Å². The van der Waals surface area contributed by atoms with Crippen LogP contribution in [0.1, 0.15) is 43.6 Å². The normalized spacial score (nSPS) is 22.2. The van der Waals surface area contributed by atoms with Gasteiger partial charge >= 0.3 is 23.9 Å². The van der Waals surface area contributed by atoms with Crippen molar-refractivity contribution in [2.24, 2.45) is 0 Å². The van der Waals surface area contributed by atoms with E-state index in [0.717, 1.165) is 26.3 Å². The molecule has 1 fully saturated rings. The van der Waals surface area contributed by atoms with Crippen molar-refractivity contribution in [3.8, 4) is 5.75 Å². The molecule has 2 aromatic rings. The lowest BCUT2D eigenvalue weighted by atomic mass is 9.98. The summed E-state index contributed by atoms with van der Waals surface area (Å²) in [6, 6.07) is 15.5. The van der Waals surface area contributed by atoms with Gasteiger partial charge in [-0.15, -0.1) is 0 Å². The summed E-state index contributed by atoms with van der Waals surface area (Å²) in [4.78, 5) is 59.7. The molecule has 208 valence electrons.